The molecular formula is C11H15ClNO. The average Bonchev–Trinajstić information content (AvgIpc) is 2.18. The van der Waals surface area contributed by atoms with Crippen LogP contribution in [0.2, 0.25) is 0 Å². The lowest BCUT2D eigenvalue weighted by molar-refractivity contribution is 0.169. The van der Waals surface area contributed by atoms with Crippen molar-refractivity contribution in [3.63, 3.8) is 0 Å². The number of rotatable bonds is 5. The first-order valence-electron chi connectivity index (χ1n) is 4.55. The Labute approximate surface area is 90.4 Å². The van der Waals surface area contributed by atoms with Crippen LogP contribution in [0.1, 0.15) is 5.56 Å². The number of nitrogens with zero attached hydrogens (tertiary/aromatic N) is 1. The second-order valence-corrected chi connectivity index (χ2v) is 3.63. The molecule has 0 heterocycles. The summed E-state index contributed by atoms with van der Waals surface area (Å²) in [5, 5.41) is 0. The minimum absolute atomic E-state index is 0.465. The highest BCUT2D eigenvalue weighted by Gasteiger charge is 2.08. The third-order valence-corrected chi connectivity index (χ3v) is 2.10. The first kappa shape index (κ1) is 11.5. The van der Waals surface area contributed by atoms with Crippen LogP contribution in [0.5, 0.6) is 0 Å². The molecule has 0 aromatic heterocycles. The maximum atomic E-state index is 5.97. The average molecular weight is 213 g/mol. The molecule has 0 aliphatic rings. The second kappa shape index (κ2) is 6.02. The highest BCUT2D eigenvalue weighted by atomic mass is 35.5. The lowest BCUT2D eigenvalue weighted by Gasteiger charge is -2.12. The van der Waals surface area contributed by atoms with Crippen LogP contribution in [0, 0.1) is 5.56 Å². The van der Waals surface area contributed by atoms with Gasteiger partial charge >= 0.3 is 0 Å². The van der Waals surface area contributed by atoms with Crippen LogP contribution in [-0.2, 0) is 4.74 Å². The largest absolute Gasteiger partial charge is 0.350 e. The number of halogens is 1. The zero-order chi connectivity index (χ0) is 10.4. The summed E-state index contributed by atoms with van der Waals surface area (Å²) in [5.74, 6) is 0. The molecule has 0 fully saturated rings. The zero-order valence-corrected chi connectivity index (χ0v) is 9.29. The van der Waals surface area contributed by atoms with Crippen molar-refractivity contribution in [3.05, 3.63) is 41.5 Å². The maximum Gasteiger partial charge on any atom is 0.214 e. The Balaban J connectivity index is 2.32. The molecule has 1 rings (SSSR count). The molecule has 0 atom stereocenters. The van der Waals surface area contributed by atoms with Gasteiger partial charge in [-0.25, -0.2) is 0 Å². The van der Waals surface area contributed by atoms with Crippen LogP contribution < -0.4 is 0 Å². The summed E-state index contributed by atoms with van der Waals surface area (Å²) < 4.78 is 5.38. The van der Waals surface area contributed by atoms with Gasteiger partial charge in [0.1, 0.15) is 0 Å². The number of ether oxygens (including phenoxy) is 1. The molecule has 77 valence electrons. The molecule has 0 saturated carbocycles. The van der Waals surface area contributed by atoms with Gasteiger partial charge in [0.05, 0.1) is 6.61 Å². The predicted molar refractivity (Wildman–Crippen MR) is 59.1 cm³/mol. The van der Waals surface area contributed by atoms with E-state index in [-0.39, 0.29) is 0 Å². The van der Waals surface area contributed by atoms with Gasteiger partial charge in [-0.15, -0.1) is 0 Å². The van der Waals surface area contributed by atoms with Crippen molar-refractivity contribution in [1.29, 1.82) is 0 Å². The summed E-state index contributed by atoms with van der Waals surface area (Å²) in [4.78, 5) is 2.05. The highest BCUT2D eigenvalue weighted by molar-refractivity contribution is 6.27. The number of benzene rings is 1. The van der Waals surface area contributed by atoms with Crippen molar-refractivity contribution in [3.8, 4) is 0 Å². The Morgan fingerprint density at radius 1 is 1.29 bits per heavy atom. The van der Waals surface area contributed by atoms with E-state index in [0.717, 1.165) is 12.1 Å². The predicted octanol–water partition coefficient (Wildman–Crippen LogP) is 2.34. The molecule has 0 amide bonds. The van der Waals surface area contributed by atoms with Gasteiger partial charge < -0.3 is 9.64 Å². The van der Waals surface area contributed by atoms with E-state index in [1.54, 1.807) is 0 Å². The van der Waals surface area contributed by atoms with Crippen LogP contribution in [0.4, 0.5) is 0 Å². The van der Waals surface area contributed by atoms with E-state index in [2.05, 4.69) is 4.90 Å². The smallest absolute Gasteiger partial charge is 0.214 e. The summed E-state index contributed by atoms with van der Waals surface area (Å²) >= 11 is 5.97. The number of hydrogen-bond acceptors (Lipinski definition) is 2. The second-order valence-electron chi connectivity index (χ2n) is 3.29. The highest BCUT2D eigenvalue weighted by Crippen LogP contribution is 2.19. The molecule has 0 N–H and O–H groups in total. The SMILES string of the molecule is CN(C)CCO[C](Cl)c1ccccc1. The van der Waals surface area contributed by atoms with Crippen molar-refractivity contribution >= 4 is 11.6 Å². The zero-order valence-electron chi connectivity index (χ0n) is 8.53. The van der Waals surface area contributed by atoms with Crippen LogP contribution in [0.3, 0.4) is 0 Å². The standard InChI is InChI=1S/C11H15ClNO/c1-13(2)8-9-14-11(12)10-6-4-3-5-7-10/h3-7H,8-9H2,1-2H3. The van der Waals surface area contributed by atoms with Gasteiger partial charge in [0.15, 0.2) is 0 Å². The molecule has 0 saturated heterocycles. The van der Waals surface area contributed by atoms with Crippen molar-refractivity contribution in [2.24, 2.45) is 0 Å². The molecule has 3 heteroatoms. The fraction of sp³-hybridized carbons (Fsp3) is 0.364. The van der Waals surface area contributed by atoms with Crippen molar-refractivity contribution in [2.75, 3.05) is 27.2 Å². The van der Waals surface area contributed by atoms with E-state index in [1.807, 2.05) is 44.4 Å². The van der Waals surface area contributed by atoms with E-state index < -0.39 is 0 Å². The molecule has 1 aromatic carbocycles. The van der Waals surface area contributed by atoms with Gasteiger partial charge in [0.2, 0.25) is 5.56 Å². The Hall–Kier alpha value is -0.570. The van der Waals surface area contributed by atoms with Gasteiger partial charge in [-0.2, -0.15) is 0 Å². The molecule has 2 nitrogen and oxygen atoms in total. The molecule has 0 spiro atoms. The summed E-state index contributed by atoms with van der Waals surface area (Å²) in [7, 11) is 4.00. The molecule has 1 radical (unpaired) electrons. The van der Waals surface area contributed by atoms with E-state index in [0.29, 0.717) is 12.2 Å². The normalized spacial score (nSPS) is 11.2. The molecular weight excluding hydrogens is 198 g/mol. The Bertz CT molecular complexity index is 251. The molecule has 0 aliphatic carbocycles. The molecule has 14 heavy (non-hydrogen) atoms. The summed E-state index contributed by atoms with van der Waals surface area (Å²) in [5.41, 5.74) is 1.39. The van der Waals surface area contributed by atoms with Crippen molar-refractivity contribution < 1.29 is 4.74 Å². The quantitative estimate of drug-likeness (QED) is 0.743. The minimum atomic E-state index is 0.465. The van der Waals surface area contributed by atoms with Gasteiger partial charge in [-0.1, -0.05) is 41.9 Å². The van der Waals surface area contributed by atoms with E-state index in [1.165, 1.54) is 0 Å². The third-order valence-electron chi connectivity index (χ3n) is 1.77. The summed E-state index contributed by atoms with van der Waals surface area (Å²) in [6.45, 7) is 1.48. The topological polar surface area (TPSA) is 12.5 Å². The monoisotopic (exact) mass is 212 g/mol. The number of likely N-dealkylation sites (N-methyl/N-ethyl adjacent to an activating group) is 1. The van der Waals surface area contributed by atoms with Gasteiger partial charge in [-0.05, 0) is 14.1 Å². The van der Waals surface area contributed by atoms with Gasteiger partial charge in [-0.3, -0.25) is 0 Å². The summed E-state index contributed by atoms with van der Waals surface area (Å²) in [6, 6.07) is 9.68. The minimum Gasteiger partial charge on any atom is -0.350 e. The lowest BCUT2D eigenvalue weighted by Crippen LogP contribution is -2.18. The first-order chi connectivity index (χ1) is 6.70. The lowest BCUT2D eigenvalue weighted by atomic mass is 10.2. The molecule has 0 bridgehead atoms. The van der Waals surface area contributed by atoms with E-state index in [4.69, 9.17) is 16.3 Å². The molecule has 0 unspecified atom stereocenters. The Morgan fingerprint density at radius 2 is 1.93 bits per heavy atom. The fourth-order valence-electron chi connectivity index (χ4n) is 0.970. The Morgan fingerprint density at radius 3 is 2.50 bits per heavy atom. The van der Waals surface area contributed by atoms with Gasteiger partial charge in [0.25, 0.3) is 0 Å². The van der Waals surface area contributed by atoms with Crippen LogP contribution in [-0.4, -0.2) is 32.1 Å². The van der Waals surface area contributed by atoms with Crippen molar-refractivity contribution in [2.45, 2.75) is 0 Å². The van der Waals surface area contributed by atoms with Crippen LogP contribution in [0.15, 0.2) is 30.3 Å². The maximum absolute atomic E-state index is 5.97. The number of hydrogen-bond donors (Lipinski definition) is 0. The van der Waals surface area contributed by atoms with Crippen LogP contribution in [0.25, 0.3) is 0 Å². The van der Waals surface area contributed by atoms with E-state index in [9.17, 15) is 0 Å². The summed E-state index contributed by atoms with van der Waals surface area (Å²) in [6.07, 6.45) is 0. The molecule has 0 aliphatic heterocycles. The first-order valence-corrected chi connectivity index (χ1v) is 4.93. The Kier molecular flexibility index (Phi) is 4.94. The molecule has 1 aromatic rings. The van der Waals surface area contributed by atoms with Gasteiger partial charge in [0, 0.05) is 12.1 Å². The third kappa shape index (κ3) is 4.09. The van der Waals surface area contributed by atoms with E-state index >= 15 is 0 Å². The van der Waals surface area contributed by atoms with Crippen LogP contribution >= 0.6 is 11.6 Å². The van der Waals surface area contributed by atoms with Crippen molar-refractivity contribution in [1.82, 2.24) is 4.90 Å². The fourth-order valence-corrected chi connectivity index (χ4v) is 1.17.